The highest BCUT2D eigenvalue weighted by molar-refractivity contribution is 8.34. The predicted molar refractivity (Wildman–Crippen MR) is 411 cm³/mol. The maximum absolute atomic E-state index is 2.30. The molecule has 9 aromatic rings. The first-order valence-corrected chi connectivity index (χ1v) is 41.1. The van der Waals surface area contributed by atoms with E-state index in [1.54, 1.807) is 0 Å². The highest BCUT2D eigenvalue weighted by atomic mass is 32.3. The van der Waals surface area contributed by atoms with Crippen molar-refractivity contribution in [3.8, 4) is 0 Å². The van der Waals surface area contributed by atoms with Crippen molar-refractivity contribution in [3.05, 3.63) is 322 Å². The molecule has 12 heteroatoms. The third-order valence-corrected chi connectivity index (χ3v) is 33.9. The molecule has 0 N–H and O–H groups in total. The fraction of sp³-hybridized carbons (Fsp3) is 0.280. The average Bonchev–Trinajstić information content (AvgIpc) is 3.02. The van der Waals surface area contributed by atoms with Crippen LogP contribution in [0.5, 0.6) is 0 Å². The van der Waals surface area contributed by atoms with Gasteiger partial charge in [-0.1, -0.05) is 271 Å². The lowest BCUT2D eigenvalue weighted by molar-refractivity contribution is 1.02. The zero-order chi connectivity index (χ0) is 60.2. The summed E-state index contributed by atoms with van der Waals surface area (Å²) < 4.78 is 7.00. The van der Waals surface area contributed by atoms with Gasteiger partial charge in [-0.3, -0.25) is 0 Å². The molecule has 4 aliphatic rings. The lowest BCUT2D eigenvalue weighted by Crippen LogP contribution is -2.23. The van der Waals surface area contributed by atoms with Crippen molar-refractivity contribution in [3.63, 3.8) is 0 Å². The van der Waals surface area contributed by atoms with Crippen LogP contribution in [-0.2, 0) is 19.3 Å². The Bertz CT molecular complexity index is 2980. The molecule has 0 radical (unpaired) electrons. The van der Waals surface area contributed by atoms with Gasteiger partial charge in [0, 0.05) is 13.7 Å². The first-order chi connectivity index (χ1) is 42.5. The summed E-state index contributed by atoms with van der Waals surface area (Å²) in [4.78, 5) is 0. The SMILES string of the molecule is CC1SC(C)SC(C)S1.Cc1ccc(C2SC(c3ccc(C)cc3)SC(c3ccc(C)cc3)S2)cc1.c1ccc(C2SC(c3ccccc3)SC(c3ccccc3)S2)cc1.c1ccc(CC2SC(Cc3ccccc3)SC(Cc3ccccc3)S2)cc1. The zero-order valence-electron chi connectivity index (χ0n) is 50.2. The minimum Gasteiger partial charge on any atom is -0.134 e. The molecule has 450 valence electrons. The summed E-state index contributed by atoms with van der Waals surface area (Å²) in [7, 11) is 0. The molecule has 0 aromatic heterocycles. The lowest BCUT2D eigenvalue weighted by atomic mass is 10.2. The molecular weight excluding hydrogens is 1290 g/mol. The van der Waals surface area contributed by atoms with Gasteiger partial charge in [-0.15, -0.1) is 141 Å². The van der Waals surface area contributed by atoms with Crippen molar-refractivity contribution in [2.45, 2.75) is 116 Å². The number of rotatable bonds is 12. The Kier molecular flexibility index (Phi) is 27.2. The Morgan fingerprint density at radius 1 is 0.207 bits per heavy atom. The number of hydrogen-bond acceptors (Lipinski definition) is 12. The second-order valence-corrected chi connectivity index (χ2v) is 41.8. The maximum Gasteiger partial charge on any atom is 0.0780 e. The molecule has 0 spiro atoms. The summed E-state index contributed by atoms with van der Waals surface area (Å²) in [6, 6.07) is 92.8. The van der Waals surface area contributed by atoms with E-state index in [-0.39, 0.29) is 0 Å². The van der Waals surface area contributed by atoms with Gasteiger partial charge in [0.2, 0.25) is 0 Å². The van der Waals surface area contributed by atoms with Crippen LogP contribution in [0, 0.1) is 20.8 Å². The summed E-state index contributed by atoms with van der Waals surface area (Å²) in [5.41, 5.74) is 16.8. The lowest BCUT2D eigenvalue weighted by Gasteiger charge is -2.34. The van der Waals surface area contributed by atoms with Crippen molar-refractivity contribution in [2.75, 3.05) is 0 Å². The second kappa shape index (κ2) is 35.3. The number of hydrogen-bond donors (Lipinski definition) is 0. The first-order valence-electron chi connectivity index (χ1n) is 29.8. The highest BCUT2D eigenvalue weighted by Crippen LogP contribution is 2.67. The molecule has 4 fully saturated rings. The van der Waals surface area contributed by atoms with Gasteiger partial charge in [0.15, 0.2) is 0 Å². The van der Waals surface area contributed by atoms with Gasteiger partial charge < -0.3 is 0 Å². The summed E-state index contributed by atoms with van der Waals surface area (Å²) in [6.07, 6.45) is 3.44. The molecule has 4 heterocycles. The van der Waals surface area contributed by atoms with E-state index in [4.69, 9.17) is 0 Å². The van der Waals surface area contributed by atoms with Crippen molar-refractivity contribution >= 4 is 141 Å². The van der Waals surface area contributed by atoms with Gasteiger partial charge in [-0.25, -0.2) is 0 Å². The molecule has 0 aliphatic carbocycles. The Morgan fingerprint density at radius 2 is 0.391 bits per heavy atom. The fourth-order valence-corrected chi connectivity index (χ4v) is 34.5. The van der Waals surface area contributed by atoms with Crippen molar-refractivity contribution in [2.24, 2.45) is 0 Å². The second-order valence-electron chi connectivity index (χ2n) is 21.6. The van der Waals surface area contributed by atoms with E-state index in [9.17, 15) is 0 Å². The fourth-order valence-electron chi connectivity index (χ4n) is 10.0. The van der Waals surface area contributed by atoms with Crippen LogP contribution in [0.15, 0.2) is 255 Å². The zero-order valence-corrected chi connectivity index (χ0v) is 60.0. The standard InChI is InChI=1S/2C24H24S3.C21H18S3.C6H12S3/c1-16-4-10-19(11-5-16)22-25-23(20-12-6-17(2)7-13-20)27-24(26-22)21-14-8-18(3)9-15-21;1-4-10-19(11-5-1)16-22-25-23(17-20-12-6-2-7-13-20)27-24(26-22)18-21-14-8-3-9-15-21;1-4-10-16(11-5-1)19-22-20(17-12-6-2-7-13-17)24-21(23-19)18-14-8-3-9-15-18;1-4-7-5(2)9-6(3)8-4/h4-15,22-24H,1-3H3;1-15,22-24H,16-18H2;1-15,19-21H;4-6H,1-3H3. The summed E-state index contributed by atoms with van der Waals surface area (Å²) in [6.45, 7) is 13.4. The van der Waals surface area contributed by atoms with Crippen LogP contribution in [0.2, 0.25) is 0 Å². The predicted octanol–water partition coefficient (Wildman–Crippen LogP) is 25.7. The minimum absolute atomic E-state index is 0.449. The molecule has 0 saturated carbocycles. The molecule has 9 aromatic carbocycles. The van der Waals surface area contributed by atoms with Crippen LogP contribution in [0.1, 0.15) is 115 Å². The molecule has 0 atom stereocenters. The van der Waals surface area contributed by atoms with E-state index in [0.29, 0.717) is 41.2 Å². The van der Waals surface area contributed by atoms with E-state index < -0.39 is 0 Å². The summed E-state index contributed by atoms with van der Waals surface area (Å²) in [5.74, 6) is 0. The van der Waals surface area contributed by atoms with E-state index in [2.05, 4.69) is 437 Å². The molecule has 87 heavy (non-hydrogen) atoms. The summed E-state index contributed by atoms with van der Waals surface area (Å²) in [5, 5.41) is 0. The number of benzene rings is 9. The number of aryl methyl sites for hydroxylation is 3. The largest absolute Gasteiger partial charge is 0.134 e. The topological polar surface area (TPSA) is 0 Å². The molecule has 13 rings (SSSR count). The van der Waals surface area contributed by atoms with Gasteiger partial charge in [-0.05, 0) is 111 Å². The van der Waals surface area contributed by atoms with E-state index in [1.165, 1.54) is 66.8 Å². The van der Waals surface area contributed by atoms with Gasteiger partial charge in [-0.2, -0.15) is 0 Å². The summed E-state index contributed by atoms with van der Waals surface area (Å²) >= 11 is 25.1. The molecule has 0 nitrogen and oxygen atoms in total. The van der Waals surface area contributed by atoms with Crippen molar-refractivity contribution in [1.82, 2.24) is 0 Å². The third kappa shape index (κ3) is 21.6. The van der Waals surface area contributed by atoms with Crippen molar-refractivity contribution < 1.29 is 0 Å². The van der Waals surface area contributed by atoms with Gasteiger partial charge in [0.1, 0.15) is 0 Å². The minimum atomic E-state index is 0.449. The smallest absolute Gasteiger partial charge is 0.0780 e. The molecule has 0 unspecified atom stereocenters. The first kappa shape index (κ1) is 67.1. The third-order valence-electron chi connectivity index (χ3n) is 14.5. The molecule has 0 amide bonds. The highest BCUT2D eigenvalue weighted by Gasteiger charge is 2.36. The Labute approximate surface area is 572 Å². The normalized spacial score (nSPS) is 25.2. The molecule has 0 bridgehead atoms. The van der Waals surface area contributed by atoms with Crippen LogP contribution >= 0.6 is 141 Å². The monoisotopic (exact) mass is 1360 g/mol. The van der Waals surface area contributed by atoms with Gasteiger partial charge >= 0.3 is 0 Å². The maximum atomic E-state index is 2.30. The van der Waals surface area contributed by atoms with Crippen LogP contribution in [0.3, 0.4) is 0 Å². The Balaban J connectivity index is 0.000000135. The van der Waals surface area contributed by atoms with Crippen LogP contribution in [0.4, 0.5) is 0 Å². The van der Waals surface area contributed by atoms with E-state index >= 15 is 0 Å². The number of thioether (sulfide) groups is 12. The van der Waals surface area contributed by atoms with E-state index in [0.717, 1.165) is 33.0 Å². The molecule has 4 saturated heterocycles. The molecule has 4 aliphatic heterocycles. The Morgan fingerprint density at radius 3 is 0.598 bits per heavy atom. The van der Waals surface area contributed by atoms with Crippen molar-refractivity contribution in [1.29, 1.82) is 0 Å². The molecular formula is C75H78S12. The quantitative estimate of drug-likeness (QED) is 0.114. The van der Waals surface area contributed by atoms with Crippen LogP contribution in [0.25, 0.3) is 0 Å². The van der Waals surface area contributed by atoms with Gasteiger partial charge in [0.25, 0.3) is 0 Å². The van der Waals surface area contributed by atoms with Crippen LogP contribution in [-0.4, -0.2) is 27.5 Å². The van der Waals surface area contributed by atoms with Gasteiger partial charge in [0.05, 0.1) is 41.2 Å². The van der Waals surface area contributed by atoms with E-state index in [1.807, 2.05) is 0 Å². The average molecular weight is 1360 g/mol. The Hall–Kier alpha value is -2.82. The van der Waals surface area contributed by atoms with Crippen LogP contribution < -0.4 is 0 Å².